The number of pyridine rings is 2. The van der Waals surface area contributed by atoms with Gasteiger partial charge in [0.1, 0.15) is 11.9 Å². The van der Waals surface area contributed by atoms with Gasteiger partial charge in [-0.1, -0.05) is 19.9 Å². The smallest absolute Gasteiger partial charge is 0.163 e. The molecule has 0 radical (unpaired) electrons. The number of Topliss-reactive ketones (excluding diaryl/α,β-unsaturated/α-hetero) is 1. The first kappa shape index (κ1) is 25.3. The van der Waals surface area contributed by atoms with Gasteiger partial charge in [0, 0.05) is 34.6 Å². The van der Waals surface area contributed by atoms with Crippen molar-refractivity contribution in [2.45, 2.75) is 73.0 Å². The second kappa shape index (κ2) is 9.53. The summed E-state index contributed by atoms with van der Waals surface area (Å²) in [7, 11) is 0. The maximum absolute atomic E-state index is 13.1. The number of aryl methyl sites for hydroxylation is 1. The molecule has 37 heavy (non-hydrogen) atoms. The predicted molar refractivity (Wildman–Crippen MR) is 149 cm³/mol. The Labute approximate surface area is 219 Å². The Bertz CT molecular complexity index is 1500. The van der Waals surface area contributed by atoms with Gasteiger partial charge in [-0.2, -0.15) is 0 Å². The third-order valence-corrected chi connectivity index (χ3v) is 6.86. The highest BCUT2D eigenvalue weighted by Crippen LogP contribution is 2.45. The molecule has 5 nitrogen and oxygen atoms in total. The molecule has 2 aromatic carbocycles. The van der Waals surface area contributed by atoms with Crippen molar-refractivity contribution >= 4 is 27.6 Å². The van der Waals surface area contributed by atoms with E-state index in [1.165, 1.54) is 5.56 Å². The predicted octanol–water partition coefficient (Wildman–Crippen LogP) is 7.34. The average molecular weight is 497 g/mol. The molecule has 1 aliphatic heterocycles. The summed E-state index contributed by atoms with van der Waals surface area (Å²) in [6.07, 6.45) is 2.92. The van der Waals surface area contributed by atoms with Crippen molar-refractivity contribution in [3.63, 3.8) is 0 Å². The Hall–Kier alpha value is -3.31. The van der Waals surface area contributed by atoms with E-state index in [-0.39, 0.29) is 5.78 Å². The van der Waals surface area contributed by atoms with Crippen LogP contribution in [0.15, 0.2) is 42.6 Å². The van der Waals surface area contributed by atoms with Gasteiger partial charge in [0.15, 0.2) is 5.78 Å². The van der Waals surface area contributed by atoms with Crippen molar-refractivity contribution < 1.29 is 14.3 Å². The Morgan fingerprint density at radius 2 is 1.92 bits per heavy atom. The van der Waals surface area contributed by atoms with Gasteiger partial charge in [-0.15, -0.1) is 0 Å². The minimum Gasteiger partial charge on any atom is -0.493 e. The van der Waals surface area contributed by atoms with Crippen LogP contribution in [0.5, 0.6) is 5.75 Å². The molecule has 0 spiro atoms. The summed E-state index contributed by atoms with van der Waals surface area (Å²) < 4.78 is 12.4. The number of rotatable bonds is 6. The third-order valence-electron chi connectivity index (χ3n) is 6.86. The van der Waals surface area contributed by atoms with E-state index in [9.17, 15) is 4.79 Å². The fourth-order valence-electron chi connectivity index (χ4n) is 5.43. The molecule has 0 amide bonds. The van der Waals surface area contributed by atoms with Crippen LogP contribution in [0.4, 0.5) is 0 Å². The van der Waals surface area contributed by atoms with E-state index in [2.05, 4.69) is 51.1 Å². The van der Waals surface area contributed by atoms with E-state index < -0.39 is 11.7 Å². The zero-order valence-electron chi connectivity index (χ0n) is 22.9. The number of fused-ring (bicyclic) bond motifs is 1. The van der Waals surface area contributed by atoms with Gasteiger partial charge in [0.05, 0.1) is 23.2 Å². The number of aromatic nitrogens is 2. The van der Waals surface area contributed by atoms with Crippen molar-refractivity contribution in [3.8, 4) is 16.9 Å². The number of hydrogen-bond acceptors (Lipinski definition) is 5. The van der Waals surface area contributed by atoms with Crippen LogP contribution in [0.1, 0.15) is 70.0 Å². The van der Waals surface area contributed by atoms with Crippen LogP contribution >= 0.6 is 0 Å². The van der Waals surface area contributed by atoms with Crippen molar-refractivity contribution in [1.82, 2.24) is 9.97 Å². The van der Waals surface area contributed by atoms with Gasteiger partial charge >= 0.3 is 0 Å². The maximum atomic E-state index is 13.1. The Balaban J connectivity index is 1.88. The molecular weight excluding hydrogens is 460 g/mol. The molecule has 2 aromatic heterocycles. The first-order chi connectivity index (χ1) is 17.5. The molecular formula is C32H36N2O3. The number of ketones is 1. The second-order valence-electron chi connectivity index (χ2n) is 11.6. The van der Waals surface area contributed by atoms with Crippen LogP contribution in [0.2, 0.25) is 0 Å². The summed E-state index contributed by atoms with van der Waals surface area (Å²) in [5.74, 6) is 1.34. The van der Waals surface area contributed by atoms with Gasteiger partial charge < -0.3 is 9.47 Å². The lowest BCUT2D eigenvalue weighted by Gasteiger charge is -2.30. The van der Waals surface area contributed by atoms with Crippen LogP contribution in [-0.2, 0) is 22.4 Å². The number of nitrogens with zero attached hydrogens (tertiary/aromatic N) is 2. The molecule has 0 aliphatic carbocycles. The zero-order chi connectivity index (χ0) is 26.5. The molecule has 5 heteroatoms. The zero-order valence-corrected chi connectivity index (χ0v) is 22.9. The van der Waals surface area contributed by atoms with Gasteiger partial charge in [-0.05, 0) is 99.5 Å². The number of carbonyl (C=O) groups excluding carboxylic acids is 1. The first-order valence-electron chi connectivity index (χ1n) is 13.2. The molecule has 0 saturated carbocycles. The maximum Gasteiger partial charge on any atom is 0.163 e. The van der Waals surface area contributed by atoms with Crippen LogP contribution in [0.25, 0.3) is 32.9 Å². The van der Waals surface area contributed by atoms with Gasteiger partial charge in [0.2, 0.25) is 0 Å². The number of ether oxygens (including phenoxy) is 2. The highest BCUT2D eigenvalue weighted by Gasteiger charge is 2.31. The average Bonchev–Trinajstić information content (AvgIpc) is 2.82. The lowest BCUT2D eigenvalue weighted by molar-refractivity contribution is -0.138. The molecule has 0 N–H and O–H groups in total. The molecule has 1 atom stereocenters. The SMILES string of the molecule is CC(=O)[C@@H](OC(C)(C)C)c1c(C)cc2nc(CC(C)C)ccc2c1-c1ccc2c3c(ccnc13)CCO2. The molecule has 0 fully saturated rings. The molecule has 1 aliphatic rings. The molecule has 192 valence electrons. The molecule has 0 unspecified atom stereocenters. The fraction of sp³-hybridized carbons (Fsp3) is 0.406. The molecule has 3 heterocycles. The summed E-state index contributed by atoms with van der Waals surface area (Å²) >= 11 is 0. The van der Waals surface area contributed by atoms with Crippen molar-refractivity contribution in [2.75, 3.05) is 6.61 Å². The van der Waals surface area contributed by atoms with E-state index in [0.29, 0.717) is 12.5 Å². The van der Waals surface area contributed by atoms with E-state index in [1.54, 1.807) is 6.92 Å². The van der Waals surface area contributed by atoms with Crippen molar-refractivity contribution in [3.05, 3.63) is 65.0 Å². The monoisotopic (exact) mass is 496 g/mol. The van der Waals surface area contributed by atoms with E-state index >= 15 is 0 Å². The largest absolute Gasteiger partial charge is 0.493 e. The number of hydrogen-bond donors (Lipinski definition) is 0. The van der Waals surface area contributed by atoms with Gasteiger partial charge in [-0.3, -0.25) is 14.8 Å². The summed E-state index contributed by atoms with van der Waals surface area (Å²) in [6, 6.07) is 12.6. The minimum atomic E-state index is -0.711. The summed E-state index contributed by atoms with van der Waals surface area (Å²) in [5, 5.41) is 2.04. The van der Waals surface area contributed by atoms with Gasteiger partial charge in [0.25, 0.3) is 0 Å². The second-order valence-corrected chi connectivity index (χ2v) is 11.6. The molecule has 0 saturated heterocycles. The summed E-state index contributed by atoms with van der Waals surface area (Å²) in [4.78, 5) is 23.0. The van der Waals surface area contributed by atoms with Crippen molar-refractivity contribution in [2.24, 2.45) is 5.92 Å². The number of carbonyl (C=O) groups is 1. The highest BCUT2D eigenvalue weighted by atomic mass is 16.5. The number of benzene rings is 2. The van der Waals surface area contributed by atoms with Crippen LogP contribution in [0.3, 0.4) is 0 Å². The quantitative estimate of drug-likeness (QED) is 0.279. The first-order valence-corrected chi connectivity index (χ1v) is 13.2. The van der Waals surface area contributed by atoms with E-state index in [0.717, 1.165) is 68.3 Å². The fourth-order valence-corrected chi connectivity index (χ4v) is 5.43. The Kier molecular flexibility index (Phi) is 6.53. The highest BCUT2D eigenvalue weighted by molar-refractivity contribution is 6.08. The standard InChI is InChI=1S/C32H36N2O3/c1-18(2)16-22-8-9-23-25(34-22)17-19(3)27(31(20(4)35)37-32(5,6)7)29(23)24-10-11-26-28-21(13-15-36-26)12-14-33-30(24)28/h8-12,14,17-18,31H,13,15-16H2,1-7H3/t31-/m1/s1. The van der Waals surface area contributed by atoms with Crippen LogP contribution < -0.4 is 4.74 Å². The molecule has 5 rings (SSSR count). The Morgan fingerprint density at radius 1 is 1.14 bits per heavy atom. The molecule has 0 bridgehead atoms. The molecule has 4 aromatic rings. The normalized spacial score (nSPS) is 14.3. The van der Waals surface area contributed by atoms with Crippen LogP contribution in [0, 0.1) is 12.8 Å². The van der Waals surface area contributed by atoms with E-state index in [1.807, 2.05) is 33.0 Å². The lowest BCUT2D eigenvalue weighted by Crippen LogP contribution is -2.27. The Morgan fingerprint density at radius 3 is 2.62 bits per heavy atom. The van der Waals surface area contributed by atoms with Crippen molar-refractivity contribution in [1.29, 1.82) is 0 Å². The van der Waals surface area contributed by atoms with Gasteiger partial charge in [-0.25, -0.2) is 0 Å². The third kappa shape index (κ3) is 4.85. The minimum absolute atomic E-state index is 0.0259. The van der Waals surface area contributed by atoms with E-state index in [4.69, 9.17) is 19.4 Å². The van der Waals surface area contributed by atoms with Crippen LogP contribution in [-0.4, -0.2) is 28.0 Å². The lowest BCUT2D eigenvalue weighted by atomic mass is 9.85. The summed E-state index contributed by atoms with van der Waals surface area (Å²) in [6.45, 7) is 14.7. The topological polar surface area (TPSA) is 61.3 Å². The summed E-state index contributed by atoms with van der Waals surface area (Å²) in [5.41, 5.74) is 7.40.